The predicted octanol–water partition coefficient (Wildman–Crippen LogP) is 5.43. The number of carboxylic acid groups (broad SMARTS) is 1. The first-order chi connectivity index (χ1) is 11.4. The summed E-state index contributed by atoms with van der Waals surface area (Å²) < 4.78 is 0. The third-order valence-corrected chi connectivity index (χ3v) is 4.12. The Labute approximate surface area is 149 Å². The van der Waals surface area contributed by atoms with Gasteiger partial charge in [-0.1, -0.05) is 47.6 Å². The normalized spacial score (nSPS) is 12.1. The zero-order valence-corrected chi connectivity index (χ0v) is 15.8. The molecular formula is C21H27NO3. The van der Waals surface area contributed by atoms with Gasteiger partial charge in [0.1, 0.15) is 5.75 Å². The molecule has 0 spiro atoms. The van der Waals surface area contributed by atoms with Crippen LogP contribution in [0.15, 0.2) is 36.4 Å². The first kappa shape index (κ1) is 18.8. The smallest absolute Gasteiger partial charge is 0.335 e. The molecule has 4 heteroatoms. The van der Waals surface area contributed by atoms with Crippen molar-refractivity contribution >= 4 is 17.3 Å². The van der Waals surface area contributed by atoms with Gasteiger partial charge in [0.25, 0.3) is 0 Å². The fourth-order valence-corrected chi connectivity index (χ4v) is 2.75. The van der Waals surface area contributed by atoms with Gasteiger partial charge in [0.2, 0.25) is 0 Å². The van der Waals surface area contributed by atoms with Crippen molar-refractivity contribution in [1.29, 1.82) is 0 Å². The summed E-state index contributed by atoms with van der Waals surface area (Å²) in [6.07, 6.45) is 0. The zero-order chi connectivity index (χ0) is 19.0. The van der Waals surface area contributed by atoms with E-state index in [4.69, 9.17) is 5.11 Å². The summed E-state index contributed by atoms with van der Waals surface area (Å²) in [6, 6.07) is 10.6. The maximum Gasteiger partial charge on any atom is 0.335 e. The molecule has 134 valence electrons. The molecule has 0 aromatic heterocycles. The molecule has 3 N–H and O–H groups in total. The monoisotopic (exact) mass is 341 g/mol. The quantitative estimate of drug-likeness (QED) is 0.651. The molecule has 4 nitrogen and oxygen atoms in total. The minimum Gasteiger partial charge on any atom is -0.507 e. The average molecular weight is 341 g/mol. The molecule has 0 atom stereocenters. The van der Waals surface area contributed by atoms with Gasteiger partial charge < -0.3 is 15.5 Å². The molecule has 0 radical (unpaired) electrons. The van der Waals surface area contributed by atoms with Crippen LogP contribution in [0.5, 0.6) is 5.75 Å². The molecule has 2 rings (SSSR count). The molecule has 0 amide bonds. The van der Waals surface area contributed by atoms with Gasteiger partial charge in [0.05, 0.1) is 5.56 Å². The van der Waals surface area contributed by atoms with Crippen LogP contribution >= 0.6 is 0 Å². The highest BCUT2D eigenvalue weighted by molar-refractivity contribution is 5.89. The maximum atomic E-state index is 11.2. The number of rotatable bonds is 3. The molecule has 0 unspecified atom stereocenters. The van der Waals surface area contributed by atoms with Crippen molar-refractivity contribution in [2.24, 2.45) is 0 Å². The van der Waals surface area contributed by atoms with E-state index in [0.717, 1.165) is 16.8 Å². The number of carbonyl (C=O) groups is 1. The van der Waals surface area contributed by atoms with Gasteiger partial charge in [0, 0.05) is 22.5 Å². The van der Waals surface area contributed by atoms with Crippen LogP contribution in [0.4, 0.5) is 11.4 Å². The van der Waals surface area contributed by atoms with Gasteiger partial charge in [-0.25, -0.2) is 4.79 Å². The summed E-state index contributed by atoms with van der Waals surface area (Å²) in [5.74, 6) is -0.634. The Balaban J connectivity index is 2.55. The SMILES string of the molecule is CC(C)(C)c1cc(Nc2cccc(C(=O)O)c2)cc(C(C)(C)C)c1O. The summed E-state index contributed by atoms with van der Waals surface area (Å²) in [5.41, 5.74) is 3.04. The van der Waals surface area contributed by atoms with E-state index in [1.165, 1.54) is 0 Å². The van der Waals surface area contributed by atoms with Crippen molar-refractivity contribution in [3.8, 4) is 5.75 Å². The van der Waals surface area contributed by atoms with E-state index in [1.807, 2.05) is 18.2 Å². The van der Waals surface area contributed by atoms with Crippen molar-refractivity contribution in [2.75, 3.05) is 5.32 Å². The molecule has 25 heavy (non-hydrogen) atoms. The fraction of sp³-hybridized carbons (Fsp3) is 0.381. The van der Waals surface area contributed by atoms with Gasteiger partial charge in [-0.3, -0.25) is 0 Å². The Morgan fingerprint density at radius 2 is 1.40 bits per heavy atom. The zero-order valence-electron chi connectivity index (χ0n) is 15.8. The first-order valence-corrected chi connectivity index (χ1v) is 8.38. The lowest BCUT2D eigenvalue weighted by Gasteiger charge is -2.28. The Hall–Kier alpha value is -2.49. The Kier molecular flexibility index (Phi) is 4.85. The van der Waals surface area contributed by atoms with E-state index in [0.29, 0.717) is 11.4 Å². The lowest BCUT2D eigenvalue weighted by atomic mass is 9.79. The van der Waals surface area contributed by atoms with Crippen LogP contribution < -0.4 is 5.32 Å². The van der Waals surface area contributed by atoms with Gasteiger partial charge in [-0.15, -0.1) is 0 Å². The second-order valence-electron chi connectivity index (χ2n) is 8.43. The number of phenolic OH excluding ortho intramolecular Hbond substituents is 1. The molecule has 2 aromatic rings. The number of nitrogens with one attached hydrogen (secondary N) is 1. The molecular weight excluding hydrogens is 314 g/mol. The van der Waals surface area contributed by atoms with Crippen molar-refractivity contribution in [3.05, 3.63) is 53.1 Å². The largest absolute Gasteiger partial charge is 0.507 e. The number of carboxylic acids is 1. The van der Waals surface area contributed by atoms with Crippen LogP contribution in [0.25, 0.3) is 0 Å². The highest BCUT2D eigenvalue weighted by Crippen LogP contribution is 2.41. The van der Waals surface area contributed by atoms with Crippen LogP contribution in [-0.4, -0.2) is 16.2 Å². The van der Waals surface area contributed by atoms with Crippen LogP contribution in [0.1, 0.15) is 63.0 Å². The van der Waals surface area contributed by atoms with E-state index in [-0.39, 0.29) is 16.4 Å². The highest BCUT2D eigenvalue weighted by atomic mass is 16.4. The number of phenols is 1. The average Bonchev–Trinajstić information content (AvgIpc) is 2.46. The maximum absolute atomic E-state index is 11.2. The third-order valence-electron chi connectivity index (χ3n) is 4.12. The molecule has 0 fully saturated rings. The molecule has 0 aliphatic heterocycles. The standard InChI is InChI=1S/C21H27NO3/c1-20(2,3)16-11-15(12-17(18(16)23)21(4,5)6)22-14-9-7-8-13(10-14)19(24)25/h7-12,22-23H,1-6H3,(H,24,25). The number of hydrogen-bond acceptors (Lipinski definition) is 3. The van der Waals surface area contributed by atoms with Crippen molar-refractivity contribution in [3.63, 3.8) is 0 Å². The molecule has 0 aliphatic carbocycles. The molecule has 0 saturated carbocycles. The number of benzene rings is 2. The lowest BCUT2D eigenvalue weighted by molar-refractivity contribution is 0.0697. The van der Waals surface area contributed by atoms with Crippen LogP contribution in [0.3, 0.4) is 0 Å². The van der Waals surface area contributed by atoms with Gasteiger partial charge in [-0.2, -0.15) is 0 Å². The summed E-state index contributed by atoms with van der Waals surface area (Å²) in [6.45, 7) is 12.4. The van der Waals surface area contributed by atoms with E-state index in [2.05, 4.69) is 46.9 Å². The van der Waals surface area contributed by atoms with Gasteiger partial charge >= 0.3 is 5.97 Å². The Bertz CT molecular complexity index is 761. The topological polar surface area (TPSA) is 69.6 Å². The summed E-state index contributed by atoms with van der Waals surface area (Å²) in [5, 5.41) is 23.2. The number of anilines is 2. The Morgan fingerprint density at radius 1 is 0.880 bits per heavy atom. The molecule has 0 heterocycles. The lowest BCUT2D eigenvalue weighted by Crippen LogP contribution is -2.17. The van der Waals surface area contributed by atoms with E-state index in [9.17, 15) is 9.90 Å². The van der Waals surface area contributed by atoms with Crippen molar-refractivity contribution in [2.45, 2.75) is 52.4 Å². The van der Waals surface area contributed by atoms with Crippen molar-refractivity contribution < 1.29 is 15.0 Å². The molecule has 0 saturated heterocycles. The second-order valence-corrected chi connectivity index (χ2v) is 8.43. The van der Waals surface area contributed by atoms with Gasteiger partial charge in [-0.05, 0) is 41.2 Å². The molecule has 0 bridgehead atoms. The predicted molar refractivity (Wildman–Crippen MR) is 102 cm³/mol. The van der Waals surface area contributed by atoms with E-state index < -0.39 is 5.97 Å². The molecule has 0 aliphatic rings. The minimum atomic E-state index is -0.958. The number of aromatic hydroxyl groups is 1. The fourth-order valence-electron chi connectivity index (χ4n) is 2.75. The van der Waals surface area contributed by atoms with Crippen LogP contribution in [-0.2, 0) is 10.8 Å². The van der Waals surface area contributed by atoms with Gasteiger partial charge in [0.15, 0.2) is 0 Å². The van der Waals surface area contributed by atoms with Crippen LogP contribution in [0, 0.1) is 0 Å². The Morgan fingerprint density at radius 3 is 1.84 bits per heavy atom. The van der Waals surface area contributed by atoms with Crippen molar-refractivity contribution in [1.82, 2.24) is 0 Å². The summed E-state index contributed by atoms with van der Waals surface area (Å²) in [7, 11) is 0. The van der Waals surface area contributed by atoms with E-state index >= 15 is 0 Å². The number of hydrogen-bond donors (Lipinski definition) is 3. The second kappa shape index (κ2) is 6.43. The minimum absolute atomic E-state index is 0.218. The summed E-state index contributed by atoms with van der Waals surface area (Å²) >= 11 is 0. The first-order valence-electron chi connectivity index (χ1n) is 8.38. The number of aromatic carboxylic acids is 1. The molecule has 2 aromatic carbocycles. The third kappa shape index (κ3) is 4.32. The van der Waals surface area contributed by atoms with Crippen LogP contribution in [0.2, 0.25) is 0 Å². The summed E-state index contributed by atoms with van der Waals surface area (Å²) in [4.78, 5) is 11.2. The highest BCUT2D eigenvalue weighted by Gasteiger charge is 2.26. The van der Waals surface area contributed by atoms with E-state index in [1.54, 1.807) is 18.2 Å².